The molecular formula is C42H53AlCl6LiN7O6. The molecule has 13 nitrogen and oxygen atoms in total. The first kappa shape index (κ1) is 59.8. The molecule has 0 aliphatic heterocycles. The molecular weight excluding hydrogens is 945 g/mol. The zero-order valence-corrected chi connectivity index (χ0v) is 40.9. The van der Waals surface area contributed by atoms with Crippen molar-refractivity contribution in [3.63, 3.8) is 0 Å². The second-order valence-electron chi connectivity index (χ2n) is 13.3. The van der Waals surface area contributed by atoms with Crippen molar-refractivity contribution >= 4 is 110 Å². The van der Waals surface area contributed by atoms with Gasteiger partial charge in [-0.25, -0.2) is 19.0 Å². The van der Waals surface area contributed by atoms with Crippen molar-refractivity contribution in [2.75, 3.05) is 32.7 Å². The van der Waals surface area contributed by atoms with Gasteiger partial charge in [0.1, 0.15) is 22.5 Å². The molecule has 21 heteroatoms. The van der Waals surface area contributed by atoms with Crippen LogP contribution >= 0.6 is 69.6 Å². The Morgan fingerprint density at radius 3 is 1.49 bits per heavy atom. The Kier molecular flexibility index (Phi) is 27.2. The average Bonchev–Trinajstić information content (AvgIpc) is 3.71. The van der Waals surface area contributed by atoms with E-state index in [1.807, 2.05) is 39.8 Å². The Hall–Kier alpha value is -3.18. The molecule has 0 fully saturated rings. The van der Waals surface area contributed by atoms with E-state index < -0.39 is 11.9 Å². The number of aliphatic hydroxyl groups is 1. The number of nitrogen functional groups attached to an aromatic ring is 1. The second-order valence-corrected chi connectivity index (χ2v) is 15.7. The van der Waals surface area contributed by atoms with Crippen LogP contribution in [0, 0.1) is 34.6 Å². The maximum atomic E-state index is 11.8. The Bertz CT molecular complexity index is 2310. The molecule has 4 N–H and O–H groups in total. The van der Waals surface area contributed by atoms with Gasteiger partial charge in [-0.1, -0.05) is 69.6 Å². The van der Waals surface area contributed by atoms with Crippen LogP contribution in [0.1, 0.15) is 66.2 Å². The summed E-state index contributed by atoms with van der Waals surface area (Å²) in [6.45, 7) is 14.7. The third kappa shape index (κ3) is 17.3. The number of esters is 2. The van der Waals surface area contributed by atoms with E-state index >= 15 is 0 Å². The van der Waals surface area contributed by atoms with Gasteiger partial charge in [0.2, 0.25) is 0 Å². The van der Waals surface area contributed by atoms with Gasteiger partial charge in [-0.05, 0) is 108 Å². The minimum Gasteiger partial charge on any atom is -1.00 e. The number of ketones is 1. The van der Waals surface area contributed by atoms with Gasteiger partial charge < -0.3 is 26.3 Å². The second kappa shape index (κ2) is 28.7. The summed E-state index contributed by atoms with van der Waals surface area (Å²) < 4.78 is 12.9. The number of hydrogen-bond donors (Lipinski definition) is 3. The monoisotopic (exact) mass is 995 g/mol. The van der Waals surface area contributed by atoms with Crippen molar-refractivity contribution in [1.29, 1.82) is 0 Å². The quantitative estimate of drug-likeness (QED) is 0.0271. The number of aromatic nitrogens is 4. The predicted octanol–water partition coefficient (Wildman–Crippen LogP) is 6.36. The number of ether oxygens (including phenoxy) is 2. The summed E-state index contributed by atoms with van der Waals surface area (Å²) in [7, 11) is 3.48. The van der Waals surface area contributed by atoms with Crippen LogP contribution in [0.15, 0.2) is 60.6 Å². The Morgan fingerprint density at radius 2 is 1.14 bits per heavy atom. The van der Waals surface area contributed by atoms with Crippen LogP contribution in [0.3, 0.4) is 0 Å². The maximum absolute atomic E-state index is 11.8. The van der Waals surface area contributed by atoms with Gasteiger partial charge in [0.05, 0.1) is 73.7 Å². The van der Waals surface area contributed by atoms with Gasteiger partial charge in [-0.15, -0.1) is 0 Å². The van der Waals surface area contributed by atoms with E-state index in [1.54, 1.807) is 79.6 Å². The van der Waals surface area contributed by atoms with Crippen molar-refractivity contribution in [3.05, 3.63) is 130 Å². The van der Waals surface area contributed by atoms with E-state index in [0.717, 1.165) is 27.9 Å². The van der Waals surface area contributed by atoms with Gasteiger partial charge >= 0.3 is 30.8 Å². The van der Waals surface area contributed by atoms with Gasteiger partial charge in [-0.3, -0.25) is 10.6 Å². The Labute approximate surface area is 422 Å². The number of anilines is 1. The van der Waals surface area contributed by atoms with Crippen LogP contribution in [0.2, 0.25) is 30.1 Å². The number of hydrogen-bond acceptors (Lipinski definition) is 11. The number of aryl methyl sites for hydroxylation is 3. The van der Waals surface area contributed by atoms with Crippen molar-refractivity contribution in [2.45, 2.75) is 62.0 Å². The van der Waals surface area contributed by atoms with E-state index in [1.165, 1.54) is 19.3 Å². The zero-order valence-electron chi connectivity index (χ0n) is 37.4. The van der Waals surface area contributed by atoms with E-state index in [4.69, 9.17) is 90.0 Å². The van der Waals surface area contributed by atoms with Crippen molar-refractivity contribution in [1.82, 2.24) is 24.5 Å². The molecule has 0 saturated carbocycles. The first-order valence-electron chi connectivity index (χ1n) is 18.4. The maximum Gasteiger partial charge on any atom is 1.00 e. The number of benzene rings is 3. The normalized spacial score (nSPS) is 10.3. The number of nitrogens with zero attached hydrogens (tertiary/aromatic N) is 5. The number of Topliss-reactive ketones (excluding diaryl/α,β-unsaturated/α-hetero) is 1. The van der Waals surface area contributed by atoms with Crippen LogP contribution in [0.5, 0.6) is 0 Å². The fraction of sp³-hybridized carbons (Fsp3) is 0.310. The number of carbonyl (C=O) groups excluding carboxylic acids is 3. The van der Waals surface area contributed by atoms with E-state index in [-0.39, 0.29) is 62.2 Å². The molecule has 2 aromatic heterocycles. The molecule has 0 aliphatic carbocycles. The average molecular weight is 999 g/mol. The summed E-state index contributed by atoms with van der Waals surface area (Å²) in [5, 5.41) is 20.7. The SMILES string of the molecule is CCOC(=O)C(=CN(C)C)C(C)=O.CCOC(=O)c1cnn(-c2c(Cl)cc(C)cc2Cl)c1C.Cc1cc(Cl)c(-n2ncc(CO)c2C)c(Cl)c1.Cc1cc(Cl)c(NN)c(Cl)c1.[AlH3].[H-].[Li+]. The molecule has 0 aliphatic rings. The molecule has 0 unspecified atom stereocenters. The summed E-state index contributed by atoms with van der Waals surface area (Å²) in [4.78, 5) is 35.6. The third-order valence-corrected chi connectivity index (χ3v) is 9.87. The molecule has 338 valence electrons. The Morgan fingerprint density at radius 1 is 0.746 bits per heavy atom. The summed E-state index contributed by atoms with van der Waals surface area (Å²) >= 11 is 36.4. The smallest absolute Gasteiger partial charge is 1.00 e. The molecule has 5 rings (SSSR count). The first-order chi connectivity index (χ1) is 28.6. The predicted molar refractivity (Wildman–Crippen MR) is 257 cm³/mol. The van der Waals surface area contributed by atoms with Crippen LogP contribution in [-0.2, 0) is 25.7 Å². The zero-order chi connectivity index (χ0) is 46.3. The van der Waals surface area contributed by atoms with Gasteiger partial charge in [0.25, 0.3) is 0 Å². The number of nitrogens with two attached hydrogens (primary N) is 1. The molecule has 0 spiro atoms. The van der Waals surface area contributed by atoms with E-state index in [0.29, 0.717) is 65.1 Å². The van der Waals surface area contributed by atoms with Crippen molar-refractivity contribution in [2.24, 2.45) is 5.84 Å². The Balaban J connectivity index is 0. The summed E-state index contributed by atoms with van der Waals surface area (Å²) in [5.74, 6) is 3.92. The standard InChI is InChI=1S/C14H14Cl2N2O2.C12H12Cl2N2O.C9H15NO3.C7H8Cl2N2.Al.Li.4H/c1-4-20-14(19)10-7-17-18(9(10)3)13-11(15)5-8(2)6-12(13)16;1-7-3-10(13)12(11(14)4-7)16-8(2)9(6-17)5-15-16;1-5-13-9(12)8(7(2)11)6-10(3)4;1-4-2-5(8)7(11-10)6(9)3-4;;;;;;/h5-7H,4H2,1-3H3;3-5,17H,6H2,1-2H3;6H,5H2,1-4H3;2-3,11H,10H2,1H3;;;;;;/q;;;;;+1;;;;-1. The molecule has 0 bridgehead atoms. The molecule has 5 aromatic rings. The van der Waals surface area contributed by atoms with E-state index in [9.17, 15) is 14.4 Å². The summed E-state index contributed by atoms with van der Waals surface area (Å²) in [5.41, 5.74) is 9.88. The van der Waals surface area contributed by atoms with Gasteiger partial charge in [0.15, 0.2) is 23.1 Å². The number of hydrazine groups is 1. The minimum absolute atomic E-state index is 0. The van der Waals surface area contributed by atoms with Crippen LogP contribution < -0.4 is 30.1 Å². The van der Waals surface area contributed by atoms with Gasteiger partial charge in [-0.2, -0.15) is 10.2 Å². The van der Waals surface area contributed by atoms with Crippen molar-refractivity contribution < 1.29 is 49.3 Å². The van der Waals surface area contributed by atoms with E-state index in [2.05, 4.69) is 15.6 Å². The number of halogens is 6. The molecule has 63 heavy (non-hydrogen) atoms. The third-order valence-electron chi connectivity index (χ3n) is 8.13. The molecule has 0 saturated heterocycles. The number of carbonyl (C=O) groups is 3. The number of aliphatic hydroxyl groups excluding tert-OH is 1. The summed E-state index contributed by atoms with van der Waals surface area (Å²) in [6.07, 6.45) is 4.53. The van der Waals surface area contributed by atoms with Crippen LogP contribution in [0.4, 0.5) is 5.69 Å². The van der Waals surface area contributed by atoms with Crippen LogP contribution in [0.25, 0.3) is 11.4 Å². The van der Waals surface area contributed by atoms with Crippen LogP contribution in [-0.4, -0.2) is 92.0 Å². The first-order valence-corrected chi connectivity index (χ1v) is 20.7. The molecule has 2 heterocycles. The molecule has 0 atom stereocenters. The van der Waals surface area contributed by atoms with Crippen molar-refractivity contribution in [3.8, 4) is 11.4 Å². The topological polar surface area (TPSA) is 167 Å². The molecule has 0 radical (unpaired) electrons. The number of rotatable bonds is 10. The molecule has 0 amide bonds. The fourth-order valence-corrected chi connectivity index (χ4v) is 7.47. The number of nitrogens with one attached hydrogen (secondary N) is 1. The molecule has 3 aromatic carbocycles. The largest absolute Gasteiger partial charge is 1.00 e. The van der Waals surface area contributed by atoms with Gasteiger partial charge in [0, 0.05) is 31.6 Å². The minimum atomic E-state index is -0.566. The summed E-state index contributed by atoms with van der Waals surface area (Å²) in [6, 6.07) is 10.9. The fourth-order valence-electron chi connectivity index (χ4n) is 5.25.